The highest BCUT2D eigenvalue weighted by atomic mass is 16.3. The molecule has 0 radical (unpaired) electrons. The van der Waals surface area contributed by atoms with E-state index in [0.717, 1.165) is 49.1 Å². The van der Waals surface area contributed by atoms with E-state index in [2.05, 4.69) is 36.0 Å². The zero-order valence-electron chi connectivity index (χ0n) is 22.1. The number of aliphatic hydroxyl groups excluding tert-OH is 1. The van der Waals surface area contributed by atoms with Crippen LogP contribution in [-0.2, 0) is 19.8 Å². The summed E-state index contributed by atoms with van der Waals surface area (Å²) in [5, 5.41) is 16.5. The van der Waals surface area contributed by atoms with E-state index in [4.69, 9.17) is 0 Å². The molecule has 194 valence electrons. The molecular formula is C30H35N3O4. The molecule has 1 amide bonds. The predicted octanol–water partition coefficient (Wildman–Crippen LogP) is 5.14. The molecule has 0 atom stereocenters. The number of aliphatic hydroxyl groups is 1. The molecule has 7 nitrogen and oxygen atoms in total. The molecule has 0 saturated heterocycles. The second kappa shape index (κ2) is 9.43. The van der Waals surface area contributed by atoms with Gasteiger partial charge in [-0.15, -0.1) is 0 Å². The van der Waals surface area contributed by atoms with E-state index in [-0.39, 0.29) is 40.1 Å². The van der Waals surface area contributed by atoms with Gasteiger partial charge in [-0.25, -0.2) is 5.01 Å². The van der Waals surface area contributed by atoms with Gasteiger partial charge < -0.3 is 10.0 Å². The van der Waals surface area contributed by atoms with Gasteiger partial charge in [0.1, 0.15) is 11.5 Å². The SMILES string of the molecule is CCN1N=C(C)C(=C2C(=O)C(C=C3N(CCCC(=O)C4CCCC4)c4ccccc4C3(C)C)=C2O)C1=O. The summed E-state index contributed by atoms with van der Waals surface area (Å²) < 4.78 is 0. The van der Waals surface area contributed by atoms with E-state index < -0.39 is 5.41 Å². The molecule has 1 saturated carbocycles. The summed E-state index contributed by atoms with van der Waals surface area (Å²) in [6.45, 7) is 8.75. The number of hydrogen-bond acceptors (Lipinski definition) is 6. The lowest BCUT2D eigenvalue weighted by Gasteiger charge is -2.29. The normalized spacial score (nSPS) is 24.3. The van der Waals surface area contributed by atoms with E-state index in [1.165, 1.54) is 5.01 Å². The van der Waals surface area contributed by atoms with Crippen LogP contribution in [0.3, 0.4) is 0 Å². The van der Waals surface area contributed by atoms with Gasteiger partial charge in [0.05, 0.1) is 22.4 Å². The van der Waals surface area contributed by atoms with Crippen LogP contribution >= 0.6 is 0 Å². The molecule has 0 aromatic heterocycles. The standard InChI is InChI=1S/C30H35N3O4/c1-5-33-29(37)25(18(2)31-33)26-27(35)20(28(26)36)17-24-30(3,4)21-13-8-9-14-22(21)32(24)16-10-15-23(34)19-11-6-7-12-19/h8-9,13-14,17,19,35H,5-7,10-12,15-16H2,1-4H3. The lowest BCUT2D eigenvalue weighted by Crippen LogP contribution is -2.32. The molecule has 1 fully saturated rings. The van der Waals surface area contributed by atoms with Crippen molar-refractivity contribution in [3.8, 4) is 0 Å². The smallest absolute Gasteiger partial charge is 0.276 e. The molecule has 7 heteroatoms. The summed E-state index contributed by atoms with van der Waals surface area (Å²) in [6.07, 6.45) is 7.37. The Balaban J connectivity index is 1.46. The molecular weight excluding hydrogens is 466 g/mol. The summed E-state index contributed by atoms with van der Waals surface area (Å²) in [4.78, 5) is 40.8. The van der Waals surface area contributed by atoms with Crippen LogP contribution < -0.4 is 4.90 Å². The lowest BCUT2D eigenvalue weighted by molar-refractivity contribution is -0.126. The maximum Gasteiger partial charge on any atom is 0.276 e. The van der Waals surface area contributed by atoms with Crippen molar-refractivity contribution in [2.45, 2.75) is 71.6 Å². The number of allylic oxidation sites excluding steroid dienone is 4. The molecule has 5 rings (SSSR count). The average Bonchev–Trinajstić information content (AvgIpc) is 3.56. The highest BCUT2D eigenvalue weighted by Crippen LogP contribution is 2.49. The van der Waals surface area contributed by atoms with E-state index in [1.807, 2.05) is 19.1 Å². The number of hydrazone groups is 1. The first kappa shape index (κ1) is 25.2. The Kier molecular flexibility index (Phi) is 6.42. The van der Waals surface area contributed by atoms with Crippen molar-refractivity contribution < 1.29 is 19.5 Å². The van der Waals surface area contributed by atoms with Crippen LogP contribution in [0.1, 0.15) is 71.8 Å². The van der Waals surface area contributed by atoms with Crippen LogP contribution in [0.15, 0.2) is 63.6 Å². The van der Waals surface area contributed by atoms with Gasteiger partial charge in [0.25, 0.3) is 5.91 Å². The number of benzene rings is 1. The molecule has 0 bridgehead atoms. The average molecular weight is 502 g/mol. The lowest BCUT2D eigenvalue weighted by atomic mass is 9.79. The molecule has 37 heavy (non-hydrogen) atoms. The van der Waals surface area contributed by atoms with Crippen LogP contribution in [-0.4, -0.2) is 46.4 Å². The number of carbonyl (C=O) groups excluding carboxylic acids is 3. The zero-order chi connectivity index (χ0) is 26.5. The topological polar surface area (TPSA) is 90.3 Å². The molecule has 4 aliphatic rings. The third-order valence-electron chi connectivity index (χ3n) is 8.29. The van der Waals surface area contributed by atoms with E-state index >= 15 is 0 Å². The number of ketones is 2. The van der Waals surface area contributed by atoms with Crippen molar-refractivity contribution in [3.05, 3.63) is 64.1 Å². The van der Waals surface area contributed by atoms with Gasteiger partial charge in [-0.05, 0) is 50.8 Å². The summed E-state index contributed by atoms with van der Waals surface area (Å²) in [5.74, 6) is -0.281. The summed E-state index contributed by atoms with van der Waals surface area (Å²) in [7, 11) is 0. The van der Waals surface area contributed by atoms with Gasteiger partial charge in [0, 0.05) is 42.2 Å². The maximum atomic E-state index is 13.3. The fourth-order valence-electron chi connectivity index (χ4n) is 6.19. The fraction of sp³-hybridized carbons (Fsp3) is 0.467. The van der Waals surface area contributed by atoms with Gasteiger partial charge in [-0.3, -0.25) is 14.4 Å². The number of para-hydroxylation sites is 1. The third kappa shape index (κ3) is 4.05. The van der Waals surface area contributed by atoms with Crippen molar-refractivity contribution in [2.24, 2.45) is 11.0 Å². The minimum absolute atomic E-state index is 0.0519. The summed E-state index contributed by atoms with van der Waals surface area (Å²) in [5.41, 5.74) is 3.59. The van der Waals surface area contributed by atoms with Gasteiger partial charge in [0.15, 0.2) is 0 Å². The molecule has 1 aromatic rings. The first-order chi connectivity index (χ1) is 17.7. The van der Waals surface area contributed by atoms with Gasteiger partial charge >= 0.3 is 0 Å². The van der Waals surface area contributed by atoms with Gasteiger partial charge in [0.2, 0.25) is 5.78 Å². The van der Waals surface area contributed by atoms with Crippen LogP contribution in [0.4, 0.5) is 5.69 Å². The van der Waals surface area contributed by atoms with E-state index in [1.54, 1.807) is 13.0 Å². The first-order valence-corrected chi connectivity index (χ1v) is 13.4. The predicted molar refractivity (Wildman–Crippen MR) is 143 cm³/mol. The Hall–Kier alpha value is -3.48. The zero-order valence-corrected chi connectivity index (χ0v) is 22.1. The van der Waals surface area contributed by atoms with Crippen molar-refractivity contribution in [1.82, 2.24) is 5.01 Å². The summed E-state index contributed by atoms with van der Waals surface area (Å²) in [6, 6.07) is 8.16. The highest BCUT2D eigenvalue weighted by Gasteiger charge is 2.44. The van der Waals surface area contributed by atoms with Crippen molar-refractivity contribution in [2.75, 3.05) is 18.0 Å². The second-order valence-electron chi connectivity index (χ2n) is 10.9. The molecule has 2 aliphatic heterocycles. The fourth-order valence-corrected chi connectivity index (χ4v) is 6.19. The number of rotatable bonds is 7. The Labute approximate surface area is 218 Å². The third-order valence-corrected chi connectivity index (χ3v) is 8.29. The van der Waals surface area contributed by atoms with Crippen LogP contribution in [0.5, 0.6) is 0 Å². The van der Waals surface area contributed by atoms with Gasteiger partial charge in [-0.1, -0.05) is 44.9 Å². The molecule has 1 N–H and O–H groups in total. The number of fused-ring (bicyclic) bond motifs is 1. The minimum atomic E-state index is -0.401. The van der Waals surface area contributed by atoms with E-state index in [9.17, 15) is 19.5 Å². The van der Waals surface area contributed by atoms with E-state index in [0.29, 0.717) is 31.0 Å². The Morgan fingerprint density at radius 2 is 1.86 bits per heavy atom. The number of nitrogens with zero attached hydrogens (tertiary/aromatic N) is 3. The molecule has 2 heterocycles. The highest BCUT2D eigenvalue weighted by molar-refractivity contribution is 6.33. The second-order valence-corrected chi connectivity index (χ2v) is 10.9. The monoisotopic (exact) mass is 501 g/mol. The van der Waals surface area contributed by atoms with Crippen molar-refractivity contribution >= 4 is 28.9 Å². The van der Waals surface area contributed by atoms with Gasteiger partial charge in [-0.2, -0.15) is 5.10 Å². The number of carbonyl (C=O) groups is 3. The van der Waals surface area contributed by atoms with Crippen LogP contribution in [0.25, 0.3) is 0 Å². The van der Waals surface area contributed by atoms with Crippen LogP contribution in [0, 0.1) is 5.92 Å². The number of Topliss-reactive ketones (excluding diaryl/α,β-unsaturated/α-hetero) is 2. The first-order valence-electron chi connectivity index (χ1n) is 13.4. The number of likely N-dealkylation sites (N-methyl/N-ethyl adjacent to an activating group) is 1. The molecule has 2 aliphatic carbocycles. The summed E-state index contributed by atoms with van der Waals surface area (Å²) >= 11 is 0. The molecule has 1 aromatic carbocycles. The quantitative estimate of drug-likeness (QED) is 0.523. The van der Waals surface area contributed by atoms with Crippen LogP contribution in [0.2, 0.25) is 0 Å². The largest absolute Gasteiger partial charge is 0.506 e. The number of anilines is 1. The van der Waals surface area contributed by atoms with Crippen molar-refractivity contribution in [3.63, 3.8) is 0 Å². The molecule has 0 spiro atoms. The maximum absolute atomic E-state index is 13.3. The Morgan fingerprint density at radius 3 is 2.51 bits per heavy atom. The molecule has 0 unspecified atom stereocenters. The minimum Gasteiger partial charge on any atom is -0.506 e. The Bertz CT molecular complexity index is 1310. The number of hydrogen-bond donors (Lipinski definition) is 1. The Morgan fingerprint density at radius 1 is 1.16 bits per heavy atom. The van der Waals surface area contributed by atoms with Crippen molar-refractivity contribution in [1.29, 1.82) is 0 Å². The number of amides is 1.